The molecule has 1 aromatic carbocycles. The van der Waals surface area contributed by atoms with Crippen molar-refractivity contribution in [3.05, 3.63) is 33.6 Å². The SMILES string of the molecule is Cc1nn(C)c(C)c1OS(=O)(=O)c1cc(Cl)c(N)c(Cl)c1. The van der Waals surface area contributed by atoms with Crippen molar-refractivity contribution in [2.45, 2.75) is 18.7 Å². The van der Waals surface area contributed by atoms with Crippen LogP contribution < -0.4 is 9.92 Å². The Morgan fingerprint density at radius 1 is 1.24 bits per heavy atom. The molecule has 21 heavy (non-hydrogen) atoms. The third kappa shape index (κ3) is 2.95. The Labute approximate surface area is 132 Å². The summed E-state index contributed by atoms with van der Waals surface area (Å²) >= 11 is 11.7. The smallest absolute Gasteiger partial charge is 0.339 e. The summed E-state index contributed by atoms with van der Waals surface area (Å²) in [6.07, 6.45) is 0. The van der Waals surface area contributed by atoms with Gasteiger partial charge >= 0.3 is 10.1 Å². The summed E-state index contributed by atoms with van der Waals surface area (Å²) in [7, 11) is -2.39. The first-order chi connectivity index (χ1) is 9.63. The number of halogens is 2. The Morgan fingerprint density at radius 2 is 1.76 bits per heavy atom. The highest BCUT2D eigenvalue weighted by atomic mass is 35.5. The molecule has 2 N–H and O–H groups in total. The molecule has 0 aliphatic rings. The molecule has 0 radical (unpaired) electrons. The van der Waals surface area contributed by atoms with Gasteiger partial charge in [-0.15, -0.1) is 0 Å². The van der Waals surface area contributed by atoms with Crippen molar-refractivity contribution in [3.8, 4) is 5.75 Å². The summed E-state index contributed by atoms with van der Waals surface area (Å²) in [4.78, 5) is -0.172. The van der Waals surface area contributed by atoms with Crippen molar-refractivity contribution >= 4 is 39.0 Å². The van der Waals surface area contributed by atoms with E-state index in [0.29, 0.717) is 11.4 Å². The summed E-state index contributed by atoms with van der Waals surface area (Å²) in [6.45, 7) is 3.36. The molecule has 0 amide bonds. The predicted molar refractivity (Wildman–Crippen MR) is 81.4 cm³/mol. The molecular formula is C12H13Cl2N3O3S. The molecular weight excluding hydrogens is 337 g/mol. The molecule has 2 aromatic rings. The van der Waals surface area contributed by atoms with Crippen LogP contribution in [0, 0.1) is 13.8 Å². The average molecular weight is 350 g/mol. The van der Waals surface area contributed by atoms with Crippen LogP contribution in [0.15, 0.2) is 17.0 Å². The largest absolute Gasteiger partial charge is 0.396 e. The summed E-state index contributed by atoms with van der Waals surface area (Å²) < 4.78 is 31.3. The zero-order chi connectivity index (χ0) is 15.9. The van der Waals surface area contributed by atoms with E-state index in [1.165, 1.54) is 16.8 Å². The number of anilines is 1. The van der Waals surface area contributed by atoms with E-state index in [9.17, 15) is 8.42 Å². The lowest BCUT2D eigenvalue weighted by atomic mass is 10.3. The van der Waals surface area contributed by atoms with E-state index < -0.39 is 10.1 Å². The van der Waals surface area contributed by atoms with Crippen LogP contribution in [0.1, 0.15) is 11.4 Å². The minimum Gasteiger partial charge on any atom is -0.396 e. The van der Waals surface area contributed by atoms with Gasteiger partial charge in [0, 0.05) is 7.05 Å². The second kappa shape index (κ2) is 5.40. The highest BCUT2D eigenvalue weighted by Crippen LogP contribution is 2.32. The Morgan fingerprint density at radius 3 is 2.19 bits per heavy atom. The third-order valence-electron chi connectivity index (χ3n) is 2.98. The van der Waals surface area contributed by atoms with Crippen LogP contribution >= 0.6 is 23.2 Å². The summed E-state index contributed by atoms with van der Waals surface area (Å²) in [5, 5.41) is 4.18. The normalized spacial score (nSPS) is 11.7. The first-order valence-electron chi connectivity index (χ1n) is 5.82. The fourth-order valence-corrected chi connectivity index (χ4v) is 3.44. The van der Waals surface area contributed by atoms with Gasteiger partial charge in [-0.25, -0.2) is 0 Å². The van der Waals surface area contributed by atoms with Gasteiger partial charge in [0.05, 0.1) is 21.4 Å². The Kier molecular flexibility index (Phi) is 4.10. The van der Waals surface area contributed by atoms with E-state index in [4.69, 9.17) is 33.1 Å². The Bertz CT molecular complexity index is 792. The Hall–Kier alpha value is -1.44. The highest BCUT2D eigenvalue weighted by Gasteiger charge is 2.23. The van der Waals surface area contributed by atoms with Crippen LogP contribution in [0.25, 0.3) is 0 Å². The molecule has 0 bridgehead atoms. The first-order valence-corrected chi connectivity index (χ1v) is 7.99. The van der Waals surface area contributed by atoms with E-state index >= 15 is 0 Å². The van der Waals surface area contributed by atoms with Crippen LogP contribution in [0.3, 0.4) is 0 Å². The van der Waals surface area contributed by atoms with Crippen molar-refractivity contribution in [2.24, 2.45) is 7.05 Å². The van der Waals surface area contributed by atoms with Gasteiger partial charge in [-0.05, 0) is 26.0 Å². The molecule has 0 saturated heterocycles. The number of benzene rings is 1. The Balaban J connectivity index is 2.48. The van der Waals surface area contributed by atoms with Gasteiger partial charge in [0.2, 0.25) is 0 Å². The van der Waals surface area contributed by atoms with Gasteiger partial charge in [-0.3, -0.25) is 4.68 Å². The highest BCUT2D eigenvalue weighted by molar-refractivity contribution is 7.87. The van der Waals surface area contributed by atoms with Crippen molar-refractivity contribution in [1.82, 2.24) is 9.78 Å². The number of aryl methyl sites for hydroxylation is 2. The van der Waals surface area contributed by atoms with Gasteiger partial charge < -0.3 is 9.92 Å². The van der Waals surface area contributed by atoms with E-state index in [0.717, 1.165) is 0 Å². The maximum Gasteiger partial charge on any atom is 0.339 e. The number of nitrogen functional groups attached to an aromatic ring is 1. The fourth-order valence-electron chi connectivity index (χ4n) is 1.74. The first kappa shape index (κ1) is 15.9. The predicted octanol–water partition coefficient (Wildman–Crippen LogP) is 2.69. The standard InChI is InChI=1S/C12H13Cl2N3O3S/c1-6-12(7(2)17(3)16-6)20-21(18,19)8-4-9(13)11(15)10(14)5-8/h4-5H,15H2,1-3H3. The van der Waals surface area contributed by atoms with Gasteiger partial charge in [0.25, 0.3) is 0 Å². The van der Waals surface area contributed by atoms with Gasteiger partial charge in [0.1, 0.15) is 10.6 Å². The molecule has 114 valence electrons. The number of nitrogens with zero attached hydrogens (tertiary/aromatic N) is 2. The van der Waals surface area contributed by atoms with Crippen molar-refractivity contribution in [1.29, 1.82) is 0 Å². The van der Waals surface area contributed by atoms with Gasteiger partial charge in [-0.1, -0.05) is 23.2 Å². The van der Waals surface area contributed by atoms with Crippen LogP contribution in [-0.2, 0) is 17.2 Å². The van der Waals surface area contributed by atoms with Crippen molar-refractivity contribution in [3.63, 3.8) is 0 Å². The summed E-state index contributed by atoms with van der Waals surface area (Å²) in [5.74, 6) is 0.182. The fraction of sp³-hybridized carbons (Fsp3) is 0.250. The number of aromatic nitrogens is 2. The summed E-state index contributed by atoms with van der Waals surface area (Å²) in [5.41, 5.74) is 6.75. The van der Waals surface area contributed by atoms with Crippen molar-refractivity contribution < 1.29 is 12.6 Å². The molecule has 0 aliphatic carbocycles. The molecule has 0 saturated carbocycles. The maximum atomic E-state index is 12.3. The van der Waals surface area contributed by atoms with Crippen LogP contribution in [0.5, 0.6) is 5.75 Å². The van der Waals surface area contributed by atoms with Crippen molar-refractivity contribution in [2.75, 3.05) is 5.73 Å². The van der Waals surface area contributed by atoms with E-state index in [1.807, 2.05) is 0 Å². The number of nitrogens with two attached hydrogens (primary N) is 1. The van der Waals surface area contributed by atoms with Crippen LogP contribution in [0.2, 0.25) is 10.0 Å². The molecule has 1 heterocycles. The molecule has 0 unspecified atom stereocenters. The minimum atomic E-state index is -4.08. The molecule has 1 aromatic heterocycles. The third-order valence-corrected chi connectivity index (χ3v) is 4.80. The van der Waals surface area contributed by atoms with E-state index in [2.05, 4.69) is 5.10 Å². The average Bonchev–Trinajstić information content (AvgIpc) is 2.62. The molecule has 2 rings (SSSR count). The lowest BCUT2D eigenvalue weighted by Crippen LogP contribution is -2.11. The molecule has 0 aliphatic heterocycles. The number of rotatable bonds is 3. The van der Waals surface area contributed by atoms with Crippen LogP contribution in [0.4, 0.5) is 5.69 Å². The lowest BCUT2D eigenvalue weighted by molar-refractivity contribution is 0.481. The molecule has 0 atom stereocenters. The molecule has 9 heteroatoms. The zero-order valence-electron chi connectivity index (χ0n) is 11.5. The zero-order valence-corrected chi connectivity index (χ0v) is 13.8. The van der Waals surface area contributed by atoms with Gasteiger partial charge in [-0.2, -0.15) is 13.5 Å². The molecule has 0 spiro atoms. The topological polar surface area (TPSA) is 87.2 Å². The second-order valence-corrected chi connectivity index (χ2v) is 6.82. The molecule has 0 fully saturated rings. The summed E-state index contributed by atoms with van der Waals surface area (Å²) in [6, 6.07) is 2.39. The second-order valence-electron chi connectivity index (χ2n) is 4.46. The number of hydrogen-bond donors (Lipinski definition) is 1. The lowest BCUT2D eigenvalue weighted by Gasteiger charge is -2.09. The monoisotopic (exact) mass is 349 g/mol. The van der Waals surface area contributed by atoms with Crippen LogP contribution in [-0.4, -0.2) is 18.2 Å². The van der Waals surface area contributed by atoms with E-state index in [-0.39, 0.29) is 26.4 Å². The quantitative estimate of drug-likeness (QED) is 0.679. The maximum absolute atomic E-state index is 12.3. The number of hydrogen-bond acceptors (Lipinski definition) is 5. The van der Waals surface area contributed by atoms with Gasteiger partial charge in [0.15, 0.2) is 5.75 Å². The molecule has 6 nitrogen and oxygen atoms in total. The van der Waals surface area contributed by atoms with E-state index in [1.54, 1.807) is 20.9 Å². The minimum absolute atomic E-state index is 0.0457.